The van der Waals surface area contributed by atoms with Crippen LogP contribution in [0.4, 0.5) is 4.39 Å². The number of aliphatic hydroxyl groups is 1. The average Bonchev–Trinajstić information content (AvgIpc) is 2.96. The van der Waals surface area contributed by atoms with E-state index in [1.165, 1.54) is 16.7 Å². The quantitative estimate of drug-likeness (QED) is 0.646. The van der Waals surface area contributed by atoms with Crippen LogP contribution in [0, 0.1) is 23.2 Å². The largest absolute Gasteiger partial charge is 0.508 e. The van der Waals surface area contributed by atoms with E-state index in [9.17, 15) is 14.6 Å². The zero-order chi connectivity index (χ0) is 21.0. The van der Waals surface area contributed by atoms with Gasteiger partial charge in [0, 0.05) is 6.42 Å². The molecule has 0 spiro atoms. The third-order valence-corrected chi connectivity index (χ3v) is 8.46. The molecule has 158 valence electrons. The summed E-state index contributed by atoms with van der Waals surface area (Å²) in [6, 6.07) is 16.5. The molecule has 2 aromatic rings. The molecule has 0 saturated heterocycles. The number of fused-ring (bicyclic) bond motifs is 5. The van der Waals surface area contributed by atoms with Crippen molar-refractivity contribution in [1.29, 1.82) is 0 Å². The summed E-state index contributed by atoms with van der Waals surface area (Å²) in [7, 11) is 0. The lowest BCUT2D eigenvalue weighted by atomic mass is 9.50. The van der Waals surface area contributed by atoms with Crippen molar-refractivity contribution in [3.8, 4) is 5.75 Å². The molecule has 2 fully saturated rings. The Bertz CT molecular complexity index is 955. The lowest BCUT2D eigenvalue weighted by molar-refractivity contribution is 0.0165. The maximum Gasteiger partial charge on any atom is 0.115 e. The highest BCUT2D eigenvalue weighted by Crippen LogP contribution is 2.66. The number of hydrogen-bond acceptors (Lipinski definition) is 2. The molecule has 3 aliphatic rings. The van der Waals surface area contributed by atoms with Crippen LogP contribution >= 0.6 is 0 Å². The Morgan fingerprint density at radius 3 is 2.67 bits per heavy atom. The van der Waals surface area contributed by atoms with E-state index in [1.807, 2.05) is 12.1 Å². The zero-order valence-electron chi connectivity index (χ0n) is 17.6. The molecule has 2 saturated carbocycles. The Hall–Kier alpha value is -2.13. The van der Waals surface area contributed by atoms with E-state index >= 15 is 0 Å². The molecule has 0 heterocycles. The van der Waals surface area contributed by atoms with E-state index in [-0.39, 0.29) is 29.5 Å². The Balaban J connectivity index is 1.65. The van der Waals surface area contributed by atoms with Crippen LogP contribution in [0.1, 0.15) is 61.1 Å². The topological polar surface area (TPSA) is 40.5 Å². The molecule has 0 unspecified atom stereocenters. The number of aromatic hydroxyl groups is 1. The maximum atomic E-state index is 14.0. The highest BCUT2D eigenvalue weighted by atomic mass is 19.1. The van der Waals surface area contributed by atoms with Gasteiger partial charge in [-0.15, -0.1) is 0 Å². The van der Waals surface area contributed by atoms with Gasteiger partial charge in [0.05, 0.1) is 11.9 Å². The van der Waals surface area contributed by atoms with Gasteiger partial charge in [0.25, 0.3) is 0 Å². The summed E-state index contributed by atoms with van der Waals surface area (Å²) in [6.07, 6.45) is 3.55. The molecule has 2 N–H and O–H groups in total. The molecule has 0 radical (unpaired) electrons. The first kappa shape index (κ1) is 19.8. The molecule has 7 atom stereocenters. The van der Waals surface area contributed by atoms with E-state index in [1.54, 1.807) is 6.07 Å². The van der Waals surface area contributed by atoms with Crippen molar-refractivity contribution in [2.45, 2.75) is 57.0 Å². The van der Waals surface area contributed by atoms with Crippen LogP contribution in [0.5, 0.6) is 5.75 Å². The second-order valence-electron chi connectivity index (χ2n) is 10.2. The zero-order valence-corrected chi connectivity index (χ0v) is 17.6. The van der Waals surface area contributed by atoms with Gasteiger partial charge in [0.15, 0.2) is 0 Å². The molecule has 0 aromatic heterocycles. The second-order valence-corrected chi connectivity index (χ2v) is 10.2. The minimum atomic E-state index is -0.469. The van der Waals surface area contributed by atoms with Gasteiger partial charge in [0.2, 0.25) is 0 Å². The Morgan fingerprint density at radius 2 is 1.93 bits per heavy atom. The van der Waals surface area contributed by atoms with E-state index < -0.39 is 6.10 Å². The van der Waals surface area contributed by atoms with Crippen LogP contribution in [0.15, 0.2) is 60.9 Å². The van der Waals surface area contributed by atoms with E-state index in [2.05, 4.69) is 43.8 Å². The van der Waals surface area contributed by atoms with Gasteiger partial charge < -0.3 is 10.2 Å². The van der Waals surface area contributed by atoms with Crippen LogP contribution < -0.4 is 0 Å². The van der Waals surface area contributed by atoms with Crippen molar-refractivity contribution in [3.63, 3.8) is 0 Å². The van der Waals surface area contributed by atoms with Crippen LogP contribution in [0.25, 0.3) is 0 Å². The van der Waals surface area contributed by atoms with E-state index in [0.29, 0.717) is 23.5 Å². The second kappa shape index (κ2) is 7.23. The minimum Gasteiger partial charge on any atom is -0.508 e. The van der Waals surface area contributed by atoms with Crippen molar-refractivity contribution >= 4 is 0 Å². The summed E-state index contributed by atoms with van der Waals surface area (Å²) in [5, 5.41) is 21.1. The first-order valence-corrected chi connectivity index (χ1v) is 11.3. The third-order valence-electron chi connectivity index (χ3n) is 8.46. The van der Waals surface area contributed by atoms with Crippen LogP contribution in [-0.2, 0) is 6.42 Å². The fourth-order valence-corrected chi connectivity index (χ4v) is 7.42. The number of hydrogen-bond donors (Lipinski definition) is 2. The van der Waals surface area contributed by atoms with Crippen molar-refractivity contribution in [2.24, 2.45) is 23.2 Å². The Kier molecular flexibility index (Phi) is 4.77. The maximum absolute atomic E-state index is 14.0. The first-order valence-electron chi connectivity index (χ1n) is 11.3. The number of halogens is 1. The standard InChI is InChI=1S/C27H31FO2/c1-16(28)12-23-24(30)15-27(2)11-10-21-20-9-8-19(29)13-18(20)14-22(25(21)26(23)27)17-6-4-3-5-7-17/h3-9,13,21-26,29-30H,1,10-12,14-15H2,2H3/t21-,22+,23-,24+,25+,26+,27-/m1/s1. The molecule has 0 aliphatic heterocycles. The molecule has 3 heteroatoms. The van der Waals surface area contributed by atoms with Gasteiger partial charge in [-0.25, -0.2) is 4.39 Å². The number of aliphatic hydroxyl groups excluding tert-OH is 1. The molecular formula is C27H31FO2. The number of phenolic OH excluding ortho intramolecular Hbond substituents is 1. The smallest absolute Gasteiger partial charge is 0.115 e. The van der Waals surface area contributed by atoms with Gasteiger partial charge in [0.1, 0.15) is 5.75 Å². The summed E-state index contributed by atoms with van der Waals surface area (Å²) >= 11 is 0. The lowest BCUT2D eigenvalue weighted by Gasteiger charge is -2.53. The Labute approximate surface area is 178 Å². The molecule has 3 aliphatic carbocycles. The predicted molar refractivity (Wildman–Crippen MR) is 117 cm³/mol. The van der Waals surface area contributed by atoms with Crippen LogP contribution in [0.2, 0.25) is 0 Å². The summed E-state index contributed by atoms with van der Waals surface area (Å²) in [4.78, 5) is 0. The molecule has 2 aromatic carbocycles. The van der Waals surface area contributed by atoms with Gasteiger partial charge in [-0.2, -0.15) is 0 Å². The number of benzene rings is 2. The number of phenols is 1. The minimum absolute atomic E-state index is 0.0299. The molecular weight excluding hydrogens is 375 g/mol. The van der Waals surface area contributed by atoms with Gasteiger partial charge in [-0.05, 0) is 89.5 Å². The number of allylic oxidation sites excluding steroid dienone is 1. The third kappa shape index (κ3) is 3.10. The van der Waals surface area contributed by atoms with Gasteiger partial charge in [-0.1, -0.05) is 49.9 Å². The molecule has 0 bridgehead atoms. The SMILES string of the molecule is C=C(F)C[C@H]1[C@H]2[C@H]3[C@H](CC[C@]2(C)C[C@@H]1O)c1ccc(O)cc1C[C@H]3c1ccccc1. The summed E-state index contributed by atoms with van der Waals surface area (Å²) in [5.74, 6) is 1.21. The molecule has 5 rings (SSSR count). The van der Waals surface area contributed by atoms with E-state index in [0.717, 1.165) is 25.7 Å². The summed E-state index contributed by atoms with van der Waals surface area (Å²) in [5.41, 5.74) is 3.91. The fourth-order valence-electron chi connectivity index (χ4n) is 7.42. The highest BCUT2D eigenvalue weighted by molar-refractivity contribution is 5.43. The highest BCUT2D eigenvalue weighted by Gasteiger charge is 2.59. The average molecular weight is 407 g/mol. The first-order chi connectivity index (χ1) is 14.4. The molecule has 30 heavy (non-hydrogen) atoms. The lowest BCUT2D eigenvalue weighted by Crippen LogP contribution is -2.45. The summed E-state index contributed by atoms with van der Waals surface area (Å²) in [6.45, 7) is 5.85. The monoisotopic (exact) mass is 406 g/mol. The number of rotatable bonds is 3. The van der Waals surface area contributed by atoms with Crippen LogP contribution in [-0.4, -0.2) is 16.3 Å². The molecule has 0 amide bonds. The van der Waals surface area contributed by atoms with Crippen molar-refractivity contribution < 1.29 is 14.6 Å². The fraction of sp³-hybridized carbons (Fsp3) is 0.481. The van der Waals surface area contributed by atoms with Gasteiger partial charge in [-0.3, -0.25) is 0 Å². The normalized spacial score (nSPS) is 37.2. The van der Waals surface area contributed by atoms with Crippen molar-refractivity contribution in [3.05, 3.63) is 77.6 Å². The van der Waals surface area contributed by atoms with E-state index in [4.69, 9.17) is 0 Å². The van der Waals surface area contributed by atoms with Crippen molar-refractivity contribution in [1.82, 2.24) is 0 Å². The van der Waals surface area contributed by atoms with Crippen LogP contribution in [0.3, 0.4) is 0 Å². The molecule has 2 nitrogen and oxygen atoms in total. The predicted octanol–water partition coefficient (Wildman–Crippen LogP) is 6.10. The Morgan fingerprint density at radius 1 is 1.17 bits per heavy atom. The van der Waals surface area contributed by atoms with Gasteiger partial charge >= 0.3 is 0 Å². The van der Waals surface area contributed by atoms with Crippen molar-refractivity contribution in [2.75, 3.05) is 0 Å². The summed E-state index contributed by atoms with van der Waals surface area (Å²) < 4.78 is 14.0.